The molecule has 1 aromatic carbocycles. The predicted octanol–water partition coefficient (Wildman–Crippen LogP) is 4.64. The zero-order valence-corrected chi connectivity index (χ0v) is 12.5. The second-order valence-corrected chi connectivity index (χ2v) is 6.05. The zero-order chi connectivity index (χ0) is 13.8. The highest BCUT2D eigenvalue weighted by Crippen LogP contribution is 2.26. The van der Waals surface area contributed by atoms with Crippen LogP contribution in [-0.4, -0.2) is 11.1 Å². The fraction of sp³-hybridized carbons (Fsp3) is 0.438. The van der Waals surface area contributed by atoms with Gasteiger partial charge in [-0.25, -0.2) is 4.98 Å². The fourth-order valence-electron chi connectivity index (χ4n) is 2.59. The number of hydrogen-bond acceptors (Lipinski definition) is 4. The molecule has 3 rings (SSSR count). The largest absolute Gasteiger partial charge is 0.490 e. The lowest BCUT2D eigenvalue weighted by molar-refractivity contribution is 0.210. The van der Waals surface area contributed by atoms with Gasteiger partial charge in [-0.05, 0) is 56.9 Å². The van der Waals surface area contributed by atoms with Crippen LogP contribution in [0.5, 0.6) is 5.75 Å². The van der Waals surface area contributed by atoms with Crippen LogP contribution in [-0.2, 0) is 0 Å². The Morgan fingerprint density at radius 2 is 2.00 bits per heavy atom. The van der Waals surface area contributed by atoms with Crippen molar-refractivity contribution in [1.29, 1.82) is 0 Å². The molecular formula is C16H20N2OS. The topological polar surface area (TPSA) is 34.1 Å². The lowest BCUT2D eigenvalue weighted by atomic mass is 10.2. The van der Waals surface area contributed by atoms with Gasteiger partial charge in [-0.1, -0.05) is 0 Å². The maximum Gasteiger partial charge on any atom is 0.119 e. The maximum absolute atomic E-state index is 5.97. The maximum atomic E-state index is 5.97. The normalized spacial score (nSPS) is 17.1. The Morgan fingerprint density at radius 1 is 1.25 bits per heavy atom. The first kappa shape index (κ1) is 13.4. The minimum Gasteiger partial charge on any atom is -0.490 e. The second-order valence-electron chi connectivity index (χ2n) is 5.33. The van der Waals surface area contributed by atoms with E-state index in [2.05, 4.69) is 46.9 Å². The van der Waals surface area contributed by atoms with Crippen molar-refractivity contribution in [3.05, 3.63) is 40.8 Å². The molecule has 1 fully saturated rings. The summed E-state index contributed by atoms with van der Waals surface area (Å²) in [5.74, 6) is 0.976. The van der Waals surface area contributed by atoms with E-state index in [9.17, 15) is 0 Å². The van der Waals surface area contributed by atoms with E-state index in [1.54, 1.807) is 11.3 Å². The molecule has 1 N–H and O–H groups in total. The predicted molar refractivity (Wildman–Crippen MR) is 83.5 cm³/mol. The molecule has 0 radical (unpaired) electrons. The number of anilines is 1. The lowest BCUT2D eigenvalue weighted by Crippen LogP contribution is -2.11. The van der Waals surface area contributed by atoms with E-state index < -0.39 is 0 Å². The Balaban J connectivity index is 1.58. The first-order valence-corrected chi connectivity index (χ1v) is 8.17. The van der Waals surface area contributed by atoms with Crippen molar-refractivity contribution in [2.24, 2.45) is 0 Å². The molecular weight excluding hydrogens is 268 g/mol. The summed E-state index contributed by atoms with van der Waals surface area (Å²) in [4.78, 5) is 4.33. The molecule has 1 aliphatic carbocycles. The Hall–Kier alpha value is -1.55. The molecule has 0 aliphatic heterocycles. The Labute approximate surface area is 124 Å². The summed E-state index contributed by atoms with van der Waals surface area (Å²) in [6, 6.07) is 8.48. The number of ether oxygens (including phenoxy) is 1. The molecule has 0 saturated heterocycles. The van der Waals surface area contributed by atoms with Crippen LogP contribution in [0.15, 0.2) is 35.2 Å². The lowest BCUT2D eigenvalue weighted by Gasteiger charge is -2.15. The molecule has 1 aliphatic rings. The number of benzene rings is 1. The van der Waals surface area contributed by atoms with E-state index in [1.807, 2.05) is 5.51 Å². The van der Waals surface area contributed by atoms with E-state index >= 15 is 0 Å². The Morgan fingerprint density at radius 3 is 2.65 bits per heavy atom. The van der Waals surface area contributed by atoms with Crippen molar-refractivity contribution in [3.63, 3.8) is 0 Å². The van der Waals surface area contributed by atoms with Gasteiger partial charge in [-0.3, -0.25) is 0 Å². The summed E-state index contributed by atoms with van der Waals surface area (Å²) in [5, 5.41) is 5.53. The molecule has 3 nitrogen and oxygen atoms in total. The number of nitrogens with one attached hydrogen (secondary N) is 1. The van der Waals surface area contributed by atoms with Crippen LogP contribution in [0.1, 0.15) is 44.3 Å². The number of aromatic nitrogens is 1. The molecule has 4 heteroatoms. The fourth-order valence-corrected chi connectivity index (χ4v) is 3.24. The van der Waals surface area contributed by atoms with Gasteiger partial charge in [-0.2, -0.15) is 0 Å². The van der Waals surface area contributed by atoms with E-state index in [1.165, 1.54) is 25.7 Å². The van der Waals surface area contributed by atoms with Crippen LogP contribution in [0.4, 0.5) is 5.69 Å². The van der Waals surface area contributed by atoms with Gasteiger partial charge in [0.2, 0.25) is 0 Å². The highest BCUT2D eigenvalue weighted by molar-refractivity contribution is 7.07. The van der Waals surface area contributed by atoms with E-state index in [4.69, 9.17) is 4.74 Å². The third-order valence-electron chi connectivity index (χ3n) is 3.74. The highest BCUT2D eigenvalue weighted by atomic mass is 32.1. The van der Waals surface area contributed by atoms with E-state index in [0.717, 1.165) is 17.1 Å². The summed E-state index contributed by atoms with van der Waals surface area (Å²) < 4.78 is 5.97. The summed E-state index contributed by atoms with van der Waals surface area (Å²) in [5.41, 5.74) is 4.05. The first-order valence-electron chi connectivity index (χ1n) is 7.22. The summed E-state index contributed by atoms with van der Waals surface area (Å²) in [6.07, 6.45) is 5.41. The van der Waals surface area contributed by atoms with Gasteiger partial charge in [0.05, 0.1) is 23.4 Å². The molecule has 106 valence electrons. The summed E-state index contributed by atoms with van der Waals surface area (Å²) >= 11 is 1.63. The first-order chi connectivity index (χ1) is 9.81. The second kappa shape index (κ2) is 6.27. The standard InChI is InChI=1S/C16H20N2OS/c1-12(16-10-20-11-17-16)18-13-6-8-15(9-7-13)19-14-4-2-3-5-14/h6-12,14,18H,2-5H2,1H3. The van der Waals surface area contributed by atoms with Gasteiger partial charge in [0, 0.05) is 11.1 Å². The van der Waals surface area contributed by atoms with Gasteiger partial charge in [-0.15, -0.1) is 11.3 Å². The van der Waals surface area contributed by atoms with Gasteiger partial charge in [0.25, 0.3) is 0 Å². The molecule has 0 spiro atoms. The number of rotatable bonds is 5. The molecule has 1 unspecified atom stereocenters. The quantitative estimate of drug-likeness (QED) is 0.870. The molecule has 1 saturated carbocycles. The number of thiazole rings is 1. The van der Waals surface area contributed by atoms with Crippen LogP contribution >= 0.6 is 11.3 Å². The van der Waals surface area contributed by atoms with Crippen molar-refractivity contribution in [2.45, 2.75) is 44.8 Å². The zero-order valence-electron chi connectivity index (χ0n) is 11.7. The smallest absolute Gasteiger partial charge is 0.119 e. The van der Waals surface area contributed by atoms with Crippen LogP contribution in [0.25, 0.3) is 0 Å². The Bertz CT molecular complexity index is 518. The van der Waals surface area contributed by atoms with Crippen LogP contribution in [0.2, 0.25) is 0 Å². The van der Waals surface area contributed by atoms with E-state index in [0.29, 0.717) is 6.10 Å². The highest BCUT2D eigenvalue weighted by Gasteiger charge is 2.16. The van der Waals surface area contributed by atoms with Crippen LogP contribution in [0, 0.1) is 0 Å². The molecule has 20 heavy (non-hydrogen) atoms. The minimum absolute atomic E-state index is 0.225. The van der Waals surface area contributed by atoms with Crippen molar-refractivity contribution in [2.75, 3.05) is 5.32 Å². The third-order valence-corrected chi connectivity index (χ3v) is 4.34. The van der Waals surface area contributed by atoms with Crippen LogP contribution < -0.4 is 10.1 Å². The Kier molecular flexibility index (Phi) is 4.21. The SMILES string of the molecule is CC(Nc1ccc(OC2CCCC2)cc1)c1cscn1. The summed E-state index contributed by atoms with van der Waals surface area (Å²) in [6.45, 7) is 2.12. The van der Waals surface area contributed by atoms with E-state index in [-0.39, 0.29) is 6.04 Å². The molecule has 0 amide bonds. The van der Waals surface area contributed by atoms with Gasteiger partial charge in [0.1, 0.15) is 5.75 Å². The molecule has 1 aromatic heterocycles. The average molecular weight is 288 g/mol. The van der Waals surface area contributed by atoms with Crippen molar-refractivity contribution in [3.8, 4) is 5.75 Å². The van der Waals surface area contributed by atoms with Crippen LogP contribution in [0.3, 0.4) is 0 Å². The molecule has 1 atom stereocenters. The van der Waals surface area contributed by atoms with Gasteiger partial charge >= 0.3 is 0 Å². The third kappa shape index (κ3) is 3.31. The van der Waals surface area contributed by atoms with Crippen molar-refractivity contribution in [1.82, 2.24) is 4.98 Å². The molecule has 2 aromatic rings. The minimum atomic E-state index is 0.225. The monoisotopic (exact) mass is 288 g/mol. The van der Waals surface area contributed by atoms with Crippen molar-refractivity contribution >= 4 is 17.0 Å². The summed E-state index contributed by atoms with van der Waals surface area (Å²) in [7, 11) is 0. The molecule has 1 heterocycles. The number of nitrogens with zero attached hydrogens (tertiary/aromatic N) is 1. The van der Waals surface area contributed by atoms with Gasteiger partial charge in [0.15, 0.2) is 0 Å². The molecule has 0 bridgehead atoms. The van der Waals surface area contributed by atoms with Crippen molar-refractivity contribution < 1.29 is 4.74 Å². The average Bonchev–Trinajstić information content (AvgIpc) is 3.13. The van der Waals surface area contributed by atoms with Gasteiger partial charge < -0.3 is 10.1 Å². The number of hydrogen-bond donors (Lipinski definition) is 1.